The number of rotatable bonds is 6. The minimum atomic E-state index is 0.108. The molecule has 0 fully saturated rings. The Morgan fingerprint density at radius 2 is 2.06 bits per heavy atom. The predicted molar refractivity (Wildman–Crippen MR) is 72.7 cm³/mol. The summed E-state index contributed by atoms with van der Waals surface area (Å²) in [5.41, 5.74) is 7.31. The smallest absolute Gasteiger partial charge is 0.0508 e. The Labute approximate surface area is 105 Å². The van der Waals surface area contributed by atoms with Crippen LogP contribution in [0.5, 0.6) is 0 Å². The van der Waals surface area contributed by atoms with Crippen LogP contribution in [0, 0.1) is 5.92 Å². The van der Waals surface area contributed by atoms with E-state index < -0.39 is 0 Å². The molecule has 0 amide bonds. The summed E-state index contributed by atoms with van der Waals surface area (Å²) in [4.78, 5) is 6.52. The Kier molecular flexibility index (Phi) is 5.59. The number of hydrogen-bond acceptors (Lipinski definition) is 3. The van der Waals surface area contributed by atoms with Crippen molar-refractivity contribution >= 4 is 0 Å². The summed E-state index contributed by atoms with van der Waals surface area (Å²) in [7, 11) is 2.14. The van der Waals surface area contributed by atoms with Gasteiger partial charge in [-0.25, -0.2) is 0 Å². The molecule has 1 aromatic heterocycles. The monoisotopic (exact) mass is 235 g/mol. The molecular formula is C14H25N3. The second-order valence-corrected chi connectivity index (χ2v) is 5.25. The highest BCUT2D eigenvalue weighted by Gasteiger charge is 2.21. The quantitative estimate of drug-likeness (QED) is 0.823. The first kappa shape index (κ1) is 14.1. The first-order valence-corrected chi connectivity index (χ1v) is 6.38. The van der Waals surface area contributed by atoms with E-state index in [9.17, 15) is 0 Å². The lowest BCUT2D eigenvalue weighted by Gasteiger charge is -2.31. The molecule has 96 valence electrons. The molecule has 1 rings (SSSR count). The van der Waals surface area contributed by atoms with Crippen LogP contribution in [0.25, 0.3) is 0 Å². The van der Waals surface area contributed by atoms with Gasteiger partial charge in [-0.3, -0.25) is 9.88 Å². The van der Waals surface area contributed by atoms with E-state index in [0.717, 1.165) is 12.5 Å². The summed E-state index contributed by atoms with van der Waals surface area (Å²) in [6.45, 7) is 7.62. The van der Waals surface area contributed by atoms with Crippen LogP contribution in [0.15, 0.2) is 24.5 Å². The molecule has 0 aliphatic rings. The zero-order valence-electron chi connectivity index (χ0n) is 11.4. The Hall–Kier alpha value is -0.930. The minimum Gasteiger partial charge on any atom is -0.326 e. The molecule has 1 heterocycles. The summed E-state index contributed by atoms with van der Waals surface area (Å²) in [6.07, 6.45) is 4.91. The Bertz CT molecular complexity index is 309. The largest absolute Gasteiger partial charge is 0.326 e. The van der Waals surface area contributed by atoms with E-state index in [4.69, 9.17) is 5.73 Å². The van der Waals surface area contributed by atoms with E-state index in [-0.39, 0.29) is 12.1 Å². The fourth-order valence-electron chi connectivity index (χ4n) is 2.11. The Morgan fingerprint density at radius 3 is 2.53 bits per heavy atom. The topological polar surface area (TPSA) is 42.2 Å². The van der Waals surface area contributed by atoms with E-state index in [1.807, 2.05) is 12.3 Å². The number of pyridine rings is 1. The SMILES string of the molecule is CC(C)CCN(C)C(c1cccnc1)C(C)N. The molecule has 0 aromatic carbocycles. The van der Waals surface area contributed by atoms with E-state index in [0.29, 0.717) is 0 Å². The number of likely N-dealkylation sites (N-methyl/N-ethyl adjacent to an activating group) is 1. The Balaban J connectivity index is 2.72. The standard InChI is InChI=1S/C14H25N3/c1-11(2)7-9-17(4)14(12(3)15)13-6-5-8-16-10-13/h5-6,8,10-12,14H,7,9,15H2,1-4H3. The highest BCUT2D eigenvalue weighted by atomic mass is 15.1. The zero-order valence-corrected chi connectivity index (χ0v) is 11.4. The van der Waals surface area contributed by atoms with Gasteiger partial charge in [0.25, 0.3) is 0 Å². The van der Waals surface area contributed by atoms with Gasteiger partial charge in [0.15, 0.2) is 0 Å². The van der Waals surface area contributed by atoms with E-state index in [1.165, 1.54) is 12.0 Å². The molecule has 0 radical (unpaired) electrons. The van der Waals surface area contributed by atoms with Crippen molar-refractivity contribution in [2.75, 3.05) is 13.6 Å². The molecule has 0 aliphatic heterocycles. The minimum absolute atomic E-state index is 0.108. The van der Waals surface area contributed by atoms with Crippen LogP contribution in [-0.2, 0) is 0 Å². The van der Waals surface area contributed by atoms with Crippen molar-refractivity contribution in [3.63, 3.8) is 0 Å². The molecule has 17 heavy (non-hydrogen) atoms. The van der Waals surface area contributed by atoms with Gasteiger partial charge in [0.2, 0.25) is 0 Å². The summed E-state index contributed by atoms with van der Waals surface area (Å²) in [5, 5.41) is 0. The van der Waals surface area contributed by atoms with Gasteiger partial charge in [-0.1, -0.05) is 19.9 Å². The van der Waals surface area contributed by atoms with E-state index in [2.05, 4.69) is 43.8 Å². The molecule has 2 N–H and O–H groups in total. The molecule has 0 saturated heterocycles. The molecule has 3 heteroatoms. The van der Waals surface area contributed by atoms with E-state index in [1.54, 1.807) is 6.20 Å². The van der Waals surface area contributed by atoms with Crippen molar-refractivity contribution in [1.82, 2.24) is 9.88 Å². The molecule has 2 atom stereocenters. The van der Waals surface area contributed by atoms with Gasteiger partial charge in [0.1, 0.15) is 0 Å². The van der Waals surface area contributed by atoms with Crippen molar-refractivity contribution in [1.29, 1.82) is 0 Å². The first-order chi connectivity index (χ1) is 8.02. The normalized spacial score (nSPS) is 15.2. The maximum absolute atomic E-state index is 6.11. The third-order valence-electron chi connectivity index (χ3n) is 3.06. The summed E-state index contributed by atoms with van der Waals surface area (Å²) in [5.74, 6) is 0.722. The van der Waals surface area contributed by atoms with Crippen molar-refractivity contribution in [3.8, 4) is 0 Å². The molecule has 2 unspecified atom stereocenters. The van der Waals surface area contributed by atoms with Gasteiger partial charge in [-0.15, -0.1) is 0 Å². The molecule has 0 spiro atoms. The first-order valence-electron chi connectivity index (χ1n) is 6.38. The number of aromatic nitrogens is 1. The fraction of sp³-hybridized carbons (Fsp3) is 0.643. The van der Waals surface area contributed by atoms with Crippen LogP contribution in [0.3, 0.4) is 0 Å². The third kappa shape index (κ3) is 4.44. The van der Waals surface area contributed by atoms with Crippen LogP contribution in [0.1, 0.15) is 38.8 Å². The average Bonchev–Trinajstić information content (AvgIpc) is 2.27. The van der Waals surface area contributed by atoms with Gasteiger partial charge in [0.05, 0.1) is 6.04 Å². The summed E-state index contributed by atoms with van der Waals surface area (Å²) >= 11 is 0. The van der Waals surface area contributed by atoms with Crippen molar-refractivity contribution in [3.05, 3.63) is 30.1 Å². The maximum atomic E-state index is 6.11. The lowest BCUT2D eigenvalue weighted by molar-refractivity contribution is 0.207. The van der Waals surface area contributed by atoms with Gasteiger partial charge in [-0.2, -0.15) is 0 Å². The summed E-state index contributed by atoms with van der Waals surface area (Å²) in [6, 6.07) is 4.44. The van der Waals surface area contributed by atoms with Crippen LogP contribution in [0.2, 0.25) is 0 Å². The summed E-state index contributed by atoms with van der Waals surface area (Å²) < 4.78 is 0. The van der Waals surface area contributed by atoms with Crippen LogP contribution < -0.4 is 5.73 Å². The van der Waals surface area contributed by atoms with Gasteiger partial charge >= 0.3 is 0 Å². The lowest BCUT2D eigenvalue weighted by atomic mass is 10.0. The second-order valence-electron chi connectivity index (χ2n) is 5.25. The molecular weight excluding hydrogens is 210 g/mol. The highest BCUT2D eigenvalue weighted by Crippen LogP contribution is 2.22. The number of nitrogens with zero attached hydrogens (tertiary/aromatic N) is 2. The van der Waals surface area contributed by atoms with E-state index >= 15 is 0 Å². The van der Waals surface area contributed by atoms with Gasteiger partial charge < -0.3 is 5.73 Å². The zero-order chi connectivity index (χ0) is 12.8. The predicted octanol–water partition coefficient (Wildman–Crippen LogP) is 2.45. The van der Waals surface area contributed by atoms with Crippen molar-refractivity contribution < 1.29 is 0 Å². The number of nitrogens with two attached hydrogens (primary N) is 1. The fourth-order valence-corrected chi connectivity index (χ4v) is 2.11. The molecule has 0 bridgehead atoms. The molecule has 0 aliphatic carbocycles. The highest BCUT2D eigenvalue weighted by molar-refractivity contribution is 5.15. The second kappa shape index (κ2) is 6.72. The molecule has 3 nitrogen and oxygen atoms in total. The third-order valence-corrected chi connectivity index (χ3v) is 3.06. The molecule has 0 saturated carbocycles. The lowest BCUT2D eigenvalue weighted by Crippen LogP contribution is -2.38. The van der Waals surface area contributed by atoms with Crippen LogP contribution in [0.4, 0.5) is 0 Å². The van der Waals surface area contributed by atoms with Crippen LogP contribution >= 0.6 is 0 Å². The molecule has 1 aromatic rings. The van der Waals surface area contributed by atoms with Gasteiger partial charge in [-0.05, 0) is 44.5 Å². The van der Waals surface area contributed by atoms with Gasteiger partial charge in [0, 0.05) is 18.4 Å². The Morgan fingerprint density at radius 1 is 1.35 bits per heavy atom. The van der Waals surface area contributed by atoms with Crippen molar-refractivity contribution in [2.45, 2.75) is 39.3 Å². The van der Waals surface area contributed by atoms with Crippen LogP contribution in [-0.4, -0.2) is 29.5 Å². The maximum Gasteiger partial charge on any atom is 0.0508 e. The van der Waals surface area contributed by atoms with Crippen molar-refractivity contribution in [2.24, 2.45) is 11.7 Å². The number of hydrogen-bond donors (Lipinski definition) is 1. The average molecular weight is 235 g/mol.